The summed E-state index contributed by atoms with van der Waals surface area (Å²) in [7, 11) is 0. The molecule has 2 aromatic heterocycles. The third-order valence-electron chi connectivity index (χ3n) is 5.95. The van der Waals surface area contributed by atoms with Crippen LogP contribution >= 0.6 is 0 Å². The third-order valence-corrected chi connectivity index (χ3v) is 5.95. The first kappa shape index (κ1) is 16.3. The Morgan fingerprint density at radius 1 is 1.24 bits per heavy atom. The summed E-state index contributed by atoms with van der Waals surface area (Å²) in [6, 6.07) is 6.14. The predicted octanol–water partition coefficient (Wildman–Crippen LogP) is 3.62. The molecule has 0 unspecified atom stereocenters. The van der Waals surface area contributed by atoms with Gasteiger partial charge in [0, 0.05) is 18.8 Å². The summed E-state index contributed by atoms with van der Waals surface area (Å²) >= 11 is 0. The monoisotopic (exact) mass is 338 g/mol. The second-order valence-corrected chi connectivity index (χ2v) is 7.63. The van der Waals surface area contributed by atoms with Crippen LogP contribution in [0.25, 0.3) is 5.82 Å². The van der Waals surface area contributed by atoms with Gasteiger partial charge >= 0.3 is 0 Å². The number of likely N-dealkylation sites (tertiary alicyclic amines) is 1. The molecule has 132 valence electrons. The van der Waals surface area contributed by atoms with Crippen molar-refractivity contribution in [3.63, 3.8) is 0 Å². The molecule has 1 saturated carbocycles. The van der Waals surface area contributed by atoms with Gasteiger partial charge in [0.15, 0.2) is 5.82 Å². The van der Waals surface area contributed by atoms with Crippen LogP contribution in [0.2, 0.25) is 0 Å². The van der Waals surface area contributed by atoms with E-state index in [-0.39, 0.29) is 5.91 Å². The molecule has 1 aliphatic carbocycles. The molecule has 3 heterocycles. The SMILES string of the molecule is Cc1c(C(=O)N2CCC[C@@H]3C[C@@H](C)CC[C@@H]32)cnn1-c1ccccn1. The molecule has 2 fully saturated rings. The second kappa shape index (κ2) is 6.62. The first-order chi connectivity index (χ1) is 12.1. The normalized spacial score (nSPS) is 26.3. The average Bonchev–Trinajstić information content (AvgIpc) is 3.02. The molecule has 5 heteroatoms. The van der Waals surface area contributed by atoms with Crippen molar-refractivity contribution in [1.82, 2.24) is 19.7 Å². The van der Waals surface area contributed by atoms with Crippen LogP contribution in [0.3, 0.4) is 0 Å². The zero-order valence-electron chi connectivity index (χ0n) is 15.1. The first-order valence-corrected chi connectivity index (χ1v) is 9.42. The highest BCUT2D eigenvalue weighted by Gasteiger charge is 2.38. The second-order valence-electron chi connectivity index (χ2n) is 7.63. The lowest BCUT2D eigenvalue weighted by Gasteiger charge is -2.45. The molecule has 2 aliphatic rings. The van der Waals surface area contributed by atoms with E-state index < -0.39 is 0 Å². The predicted molar refractivity (Wildman–Crippen MR) is 96.7 cm³/mol. The van der Waals surface area contributed by atoms with E-state index in [4.69, 9.17) is 0 Å². The fourth-order valence-electron chi connectivity index (χ4n) is 4.63. The highest BCUT2D eigenvalue weighted by atomic mass is 16.2. The molecule has 1 aliphatic heterocycles. The summed E-state index contributed by atoms with van der Waals surface area (Å²) in [5.41, 5.74) is 1.58. The van der Waals surface area contributed by atoms with Gasteiger partial charge in [-0.15, -0.1) is 0 Å². The molecule has 0 aromatic carbocycles. The number of nitrogens with zero attached hydrogens (tertiary/aromatic N) is 4. The number of carbonyl (C=O) groups excluding carboxylic acids is 1. The molecule has 2 aromatic rings. The number of fused-ring (bicyclic) bond motifs is 1. The van der Waals surface area contributed by atoms with Gasteiger partial charge in [0.1, 0.15) is 0 Å². The van der Waals surface area contributed by atoms with Crippen molar-refractivity contribution >= 4 is 5.91 Å². The topological polar surface area (TPSA) is 51.0 Å². The van der Waals surface area contributed by atoms with E-state index in [1.807, 2.05) is 25.1 Å². The Labute approximate surface area is 149 Å². The van der Waals surface area contributed by atoms with Gasteiger partial charge in [-0.3, -0.25) is 4.79 Å². The molecular weight excluding hydrogens is 312 g/mol. The lowest BCUT2D eigenvalue weighted by atomic mass is 9.74. The van der Waals surface area contributed by atoms with Gasteiger partial charge in [0.2, 0.25) is 0 Å². The maximum Gasteiger partial charge on any atom is 0.257 e. The molecule has 25 heavy (non-hydrogen) atoms. The van der Waals surface area contributed by atoms with Crippen molar-refractivity contribution in [3.05, 3.63) is 41.9 Å². The van der Waals surface area contributed by atoms with Gasteiger partial charge in [-0.2, -0.15) is 5.10 Å². The highest BCUT2D eigenvalue weighted by molar-refractivity contribution is 5.95. The Morgan fingerprint density at radius 3 is 2.92 bits per heavy atom. The van der Waals surface area contributed by atoms with Crippen molar-refractivity contribution in [2.75, 3.05) is 6.54 Å². The molecule has 4 rings (SSSR count). The molecule has 0 N–H and O–H groups in total. The number of carbonyl (C=O) groups is 1. The number of hydrogen-bond acceptors (Lipinski definition) is 3. The lowest BCUT2D eigenvalue weighted by Crippen LogP contribution is -2.50. The summed E-state index contributed by atoms with van der Waals surface area (Å²) in [4.78, 5) is 19.7. The fraction of sp³-hybridized carbons (Fsp3) is 0.550. The summed E-state index contributed by atoms with van der Waals surface area (Å²) < 4.78 is 1.76. The third kappa shape index (κ3) is 2.96. The summed E-state index contributed by atoms with van der Waals surface area (Å²) in [6.45, 7) is 5.18. The number of hydrogen-bond donors (Lipinski definition) is 0. The van der Waals surface area contributed by atoms with E-state index in [0.29, 0.717) is 17.5 Å². The van der Waals surface area contributed by atoms with Gasteiger partial charge in [-0.05, 0) is 63.0 Å². The van der Waals surface area contributed by atoms with Gasteiger partial charge in [-0.1, -0.05) is 13.0 Å². The Bertz CT molecular complexity index is 754. The quantitative estimate of drug-likeness (QED) is 0.840. The van der Waals surface area contributed by atoms with Gasteiger partial charge in [0.05, 0.1) is 17.5 Å². The number of amides is 1. The Hall–Kier alpha value is -2.17. The first-order valence-electron chi connectivity index (χ1n) is 9.42. The van der Waals surface area contributed by atoms with Crippen LogP contribution in [-0.2, 0) is 0 Å². The van der Waals surface area contributed by atoms with E-state index in [9.17, 15) is 4.79 Å². The van der Waals surface area contributed by atoms with Crippen molar-refractivity contribution in [1.29, 1.82) is 0 Å². The van der Waals surface area contributed by atoms with E-state index in [1.165, 1.54) is 19.3 Å². The summed E-state index contributed by atoms with van der Waals surface area (Å²) in [6.07, 6.45) is 9.48. The Morgan fingerprint density at radius 2 is 2.12 bits per heavy atom. The minimum Gasteiger partial charge on any atom is -0.335 e. The zero-order valence-corrected chi connectivity index (χ0v) is 15.1. The smallest absolute Gasteiger partial charge is 0.257 e. The molecule has 0 bridgehead atoms. The van der Waals surface area contributed by atoms with Crippen molar-refractivity contribution in [3.8, 4) is 5.82 Å². The number of aromatic nitrogens is 3. The van der Waals surface area contributed by atoms with Crippen LogP contribution in [0.4, 0.5) is 0 Å². The van der Waals surface area contributed by atoms with Crippen molar-refractivity contribution < 1.29 is 4.79 Å². The minimum absolute atomic E-state index is 0.143. The number of piperidine rings is 1. The van der Waals surface area contributed by atoms with Gasteiger partial charge < -0.3 is 4.90 Å². The molecule has 0 radical (unpaired) electrons. The molecule has 1 saturated heterocycles. The number of pyridine rings is 1. The van der Waals surface area contributed by atoms with Crippen LogP contribution in [0, 0.1) is 18.8 Å². The molecule has 3 atom stereocenters. The highest BCUT2D eigenvalue weighted by Crippen LogP contribution is 2.38. The van der Waals surface area contributed by atoms with Crippen LogP contribution in [0.5, 0.6) is 0 Å². The lowest BCUT2D eigenvalue weighted by molar-refractivity contribution is 0.0321. The summed E-state index contributed by atoms with van der Waals surface area (Å²) in [5.74, 6) is 2.36. The van der Waals surface area contributed by atoms with E-state index >= 15 is 0 Å². The summed E-state index contributed by atoms with van der Waals surface area (Å²) in [5, 5.41) is 4.42. The fourth-order valence-corrected chi connectivity index (χ4v) is 4.63. The number of rotatable bonds is 2. The largest absolute Gasteiger partial charge is 0.335 e. The van der Waals surface area contributed by atoms with E-state index in [1.54, 1.807) is 17.1 Å². The van der Waals surface area contributed by atoms with Crippen LogP contribution in [0.1, 0.15) is 55.1 Å². The Balaban J connectivity index is 1.60. The van der Waals surface area contributed by atoms with Gasteiger partial charge in [0.25, 0.3) is 5.91 Å². The van der Waals surface area contributed by atoms with E-state index in [0.717, 1.165) is 36.8 Å². The van der Waals surface area contributed by atoms with Crippen molar-refractivity contribution in [2.45, 2.75) is 52.0 Å². The maximum atomic E-state index is 13.3. The molecule has 0 spiro atoms. The maximum absolute atomic E-state index is 13.3. The minimum atomic E-state index is 0.143. The zero-order chi connectivity index (χ0) is 17.4. The van der Waals surface area contributed by atoms with E-state index in [2.05, 4.69) is 21.9 Å². The average molecular weight is 338 g/mol. The standard InChI is InChI=1S/C20H26N4O/c1-14-8-9-18-16(12-14)6-5-11-23(18)20(25)17-13-22-24(15(17)2)19-7-3-4-10-21-19/h3-4,7,10,13-14,16,18H,5-6,8-9,11-12H2,1-2H3/t14-,16+,18-/m0/s1. The molecule has 1 amide bonds. The van der Waals surface area contributed by atoms with Crippen molar-refractivity contribution in [2.24, 2.45) is 11.8 Å². The van der Waals surface area contributed by atoms with Gasteiger partial charge in [-0.25, -0.2) is 9.67 Å². The van der Waals surface area contributed by atoms with Crippen LogP contribution in [-0.4, -0.2) is 38.2 Å². The van der Waals surface area contributed by atoms with Crippen LogP contribution < -0.4 is 0 Å². The Kier molecular flexibility index (Phi) is 4.32. The molecule has 5 nitrogen and oxygen atoms in total. The molecular formula is C20H26N4O. The van der Waals surface area contributed by atoms with Crippen LogP contribution in [0.15, 0.2) is 30.6 Å².